The molecular formula is C16H25N3O. The molecule has 0 atom stereocenters. The lowest BCUT2D eigenvalue weighted by Gasteiger charge is -2.23. The summed E-state index contributed by atoms with van der Waals surface area (Å²) >= 11 is 0. The maximum absolute atomic E-state index is 5.83. The number of ether oxygens (including phenoxy) is 1. The summed E-state index contributed by atoms with van der Waals surface area (Å²) in [6.45, 7) is 11.3. The summed E-state index contributed by atoms with van der Waals surface area (Å²) in [5.41, 5.74) is 7.98. The normalized spacial score (nSPS) is 12.1. The van der Waals surface area contributed by atoms with E-state index in [4.69, 9.17) is 10.5 Å². The number of nitrogens with two attached hydrogens (primary N) is 1. The van der Waals surface area contributed by atoms with E-state index in [0.29, 0.717) is 19.0 Å². The van der Waals surface area contributed by atoms with Gasteiger partial charge in [0.25, 0.3) is 0 Å². The highest BCUT2D eigenvalue weighted by Gasteiger charge is 2.20. The molecular weight excluding hydrogens is 250 g/mol. The highest BCUT2D eigenvalue weighted by Crippen LogP contribution is 2.25. The van der Waals surface area contributed by atoms with Crippen molar-refractivity contribution < 1.29 is 4.74 Å². The van der Waals surface area contributed by atoms with Gasteiger partial charge in [0.2, 0.25) is 0 Å². The number of hydrogen-bond donors (Lipinski definition) is 2. The fraction of sp³-hybridized carbons (Fsp3) is 0.438. The standard InChI is InChI=1S/C16H25N3O/c1-12(2)10-18-15(17)19-11-16(3,4)13-6-8-14(20-5)9-7-13/h6-9H,1,10-11H2,2-5H3,(H3,17,18,19). The van der Waals surface area contributed by atoms with Crippen molar-refractivity contribution >= 4 is 5.96 Å². The van der Waals surface area contributed by atoms with Gasteiger partial charge in [-0.1, -0.05) is 38.1 Å². The van der Waals surface area contributed by atoms with Crippen LogP contribution in [-0.4, -0.2) is 26.2 Å². The number of aliphatic imine (C=N–C) groups is 1. The molecule has 1 aromatic rings. The number of benzene rings is 1. The van der Waals surface area contributed by atoms with E-state index in [1.54, 1.807) is 7.11 Å². The first-order valence-corrected chi connectivity index (χ1v) is 6.68. The Balaban J connectivity index is 2.68. The van der Waals surface area contributed by atoms with Gasteiger partial charge in [-0.3, -0.25) is 4.99 Å². The van der Waals surface area contributed by atoms with Crippen LogP contribution in [0.1, 0.15) is 26.3 Å². The van der Waals surface area contributed by atoms with Crippen LogP contribution in [0.2, 0.25) is 0 Å². The molecule has 0 radical (unpaired) electrons. The van der Waals surface area contributed by atoms with E-state index in [0.717, 1.165) is 11.3 Å². The molecule has 0 saturated carbocycles. The largest absolute Gasteiger partial charge is 0.497 e. The summed E-state index contributed by atoms with van der Waals surface area (Å²) in [6.07, 6.45) is 0. The van der Waals surface area contributed by atoms with Crippen molar-refractivity contribution in [1.82, 2.24) is 5.32 Å². The van der Waals surface area contributed by atoms with Gasteiger partial charge in [0, 0.05) is 12.0 Å². The number of hydrogen-bond acceptors (Lipinski definition) is 2. The SMILES string of the molecule is C=C(C)CNC(N)=NCC(C)(C)c1ccc(OC)cc1. The third-order valence-electron chi connectivity index (χ3n) is 3.09. The van der Waals surface area contributed by atoms with Crippen molar-refractivity contribution in [2.75, 3.05) is 20.2 Å². The van der Waals surface area contributed by atoms with E-state index in [2.05, 4.69) is 42.9 Å². The summed E-state index contributed by atoms with van der Waals surface area (Å²) in [5, 5.41) is 3.03. The summed E-state index contributed by atoms with van der Waals surface area (Å²) < 4.78 is 5.17. The van der Waals surface area contributed by atoms with Crippen LogP contribution in [0.25, 0.3) is 0 Å². The third-order valence-corrected chi connectivity index (χ3v) is 3.09. The van der Waals surface area contributed by atoms with Crippen LogP contribution in [0.4, 0.5) is 0 Å². The maximum atomic E-state index is 5.83. The van der Waals surface area contributed by atoms with E-state index < -0.39 is 0 Å². The van der Waals surface area contributed by atoms with Crippen LogP contribution in [0.15, 0.2) is 41.4 Å². The van der Waals surface area contributed by atoms with Crippen molar-refractivity contribution in [2.24, 2.45) is 10.7 Å². The van der Waals surface area contributed by atoms with Gasteiger partial charge in [0.1, 0.15) is 5.75 Å². The van der Waals surface area contributed by atoms with Crippen LogP contribution in [-0.2, 0) is 5.41 Å². The molecule has 0 heterocycles. The molecule has 0 aromatic heterocycles. The topological polar surface area (TPSA) is 59.6 Å². The molecule has 20 heavy (non-hydrogen) atoms. The van der Waals surface area contributed by atoms with Crippen LogP contribution < -0.4 is 15.8 Å². The molecule has 1 aromatic carbocycles. The van der Waals surface area contributed by atoms with Crippen molar-refractivity contribution in [3.63, 3.8) is 0 Å². The van der Waals surface area contributed by atoms with Crippen LogP contribution in [0.5, 0.6) is 5.75 Å². The molecule has 0 fully saturated rings. The first kappa shape index (κ1) is 16.1. The summed E-state index contributed by atoms with van der Waals surface area (Å²) in [6, 6.07) is 8.05. The van der Waals surface area contributed by atoms with E-state index in [1.807, 2.05) is 19.1 Å². The lowest BCUT2D eigenvalue weighted by Crippen LogP contribution is -2.34. The first-order valence-electron chi connectivity index (χ1n) is 6.68. The molecule has 3 N–H and O–H groups in total. The monoisotopic (exact) mass is 275 g/mol. The number of rotatable bonds is 6. The molecule has 0 unspecified atom stereocenters. The van der Waals surface area contributed by atoms with Crippen molar-refractivity contribution in [2.45, 2.75) is 26.2 Å². The Bertz CT molecular complexity index is 475. The van der Waals surface area contributed by atoms with Crippen molar-refractivity contribution in [1.29, 1.82) is 0 Å². The minimum absolute atomic E-state index is 0.0816. The predicted molar refractivity (Wildman–Crippen MR) is 85.3 cm³/mol. The Kier molecular flexibility index (Phi) is 5.62. The molecule has 0 spiro atoms. The zero-order valence-electron chi connectivity index (χ0n) is 12.9. The van der Waals surface area contributed by atoms with E-state index >= 15 is 0 Å². The molecule has 110 valence electrons. The number of nitrogens with zero attached hydrogens (tertiary/aromatic N) is 1. The lowest BCUT2D eigenvalue weighted by atomic mass is 9.85. The molecule has 0 aliphatic carbocycles. The average molecular weight is 275 g/mol. The molecule has 1 rings (SSSR count). The van der Waals surface area contributed by atoms with Crippen LogP contribution in [0, 0.1) is 0 Å². The van der Waals surface area contributed by atoms with Gasteiger partial charge in [0.15, 0.2) is 5.96 Å². The highest BCUT2D eigenvalue weighted by atomic mass is 16.5. The Morgan fingerprint density at radius 1 is 1.35 bits per heavy atom. The maximum Gasteiger partial charge on any atom is 0.188 e. The average Bonchev–Trinajstić information content (AvgIpc) is 2.43. The Morgan fingerprint density at radius 3 is 2.45 bits per heavy atom. The second-order valence-corrected chi connectivity index (χ2v) is 5.62. The number of methoxy groups -OCH3 is 1. The fourth-order valence-electron chi connectivity index (χ4n) is 1.71. The Morgan fingerprint density at radius 2 is 1.95 bits per heavy atom. The number of guanidine groups is 1. The first-order chi connectivity index (χ1) is 9.35. The van der Waals surface area contributed by atoms with Gasteiger partial charge in [-0.15, -0.1) is 0 Å². The van der Waals surface area contributed by atoms with E-state index in [1.165, 1.54) is 5.56 Å². The van der Waals surface area contributed by atoms with Gasteiger partial charge in [-0.05, 0) is 24.6 Å². The second-order valence-electron chi connectivity index (χ2n) is 5.62. The van der Waals surface area contributed by atoms with Gasteiger partial charge in [-0.25, -0.2) is 0 Å². The van der Waals surface area contributed by atoms with Crippen LogP contribution >= 0.6 is 0 Å². The van der Waals surface area contributed by atoms with Gasteiger partial charge >= 0.3 is 0 Å². The van der Waals surface area contributed by atoms with E-state index in [9.17, 15) is 0 Å². The predicted octanol–water partition coefficient (Wildman–Crippen LogP) is 2.45. The quantitative estimate of drug-likeness (QED) is 0.476. The van der Waals surface area contributed by atoms with E-state index in [-0.39, 0.29) is 5.41 Å². The Labute approximate surface area is 121 Å². The zero-order valence-corrected chi connectivity index (χ0v) is 12.9. The Hall–Kier alpha value is -1.97. The fourth-order valence-corrected chi connectivity index (χ4v) is 1.71. The molecule has 0 amide bonds. The third kappa shape index (κ3) is 4.96. The van der Waals surface area contributed by atoms with Gasteiger partial charge < -0.3 is 15.8 Å². The smallest absolute Gasteiger partial charge is 0.188 e. The van der Waals surface area contributed by atoms with Crippen molar-refractivity contribution in [3.8, 4) is 5.75 Å². The summed E-state index contributed by atoms with van der Waals surface area (Å²) in [5.74, 6) is 1.31. The second kappa shape index (κ2) is 6.98. The lowest BCUT2D eigenvalue weighted by molar-refractivity contribution is 0.414. The zero-order chi connectivity index (χ0) is 15.2. The summed E-state index contributed by atoms with van der Waals surface area (Å²) in [7, 11) is 1.67. The minimum Gasteiger partial charge on any atom is -0.497 e. The van der Waals surface area contributed by atoms with Gasteiger partial charge in [0.05, 0.1) is 13.7 Å². The van der Waals surface area contributed by atoms with Crippen molar-refractivity contribution in [3.05, 3.63) is 42.0 Å². The highest BCUT2D eigenvalue weighted by molar-refractivity contribution is 5.78. The van der Waals surface area contributed by atoms with Crippen LogP contribution in [0.3, 0.4) is 0 Å². The molecule has 0 saturated heterocycles. The molecule has 0 bridgehead atoms. The minimum atomic E-state index is -0.0816. The van der Waals surface area contributed by atoms with Gasteiger partial charge in [-0.2, -0.15) is 0 Å². The summed E-state index contributed by atoms with van der Waals surface area (Å²) in [4.78, 5) is 4.40. The number of nitrogens with one attached hydrogen (secondary N) is 1. The molecule has 4 heteroatoms. The molecule has 4 nitrogen and oxygen atoms in total. The molecule has 0 aliphatic heterocycles. The molecule has 0 aliphatic rings.